The lowest BCUT2D eigenvalue weighted by atomic mass is 9.92. The molecule has 1 aromatic rings. The van der Waals surface area contributed by atoms with E-state index in [2.05, 4.69) is 75.0 Å². The summed E-state index contributed by atoms with van der Waals surface area (Å²) in [5.41, 5.74) is 4.32. The minimum atomic E-state index is 0.553. The Labute approximate surface area is 117 Å². The van der Waals surface area contributed by atoms with Crippen LogP contribution in [0.1, 0.15) is 57.6 Å². The molecule has 19 heavy (non-hydrogen) atoms. The fourth-order valence-corrected chi connectivity index (χ4v) is 2.66. The number of nitrogens with zero attached hydrogens (tertiary/aromatic N) is 2. The lowest BCUT2D eigenvalue weighted by molar-refractivity contribution is 0.429. The van der Waals surface area contributed by atoms with Crippen molar-refractivity contribution in [1.29, 1.82) is 0 Å². The molecule has 0 amide bonds. The van der Waals surface area contributed by atoms with Gasteiger partial charge in [-0.1, -0.05) is 45.9 Å². The Bertz CT molecular complexity index is 434. The van der Waals surface area contributed by atoms with Gasteiger partial charge in [-0.05, 0) is 29.9 Å². The fraction of sp³-hybridized carbons (Fsp3) is 0.529. The predicted octanol–water partition coefficient (Wildman–Crippen LogP) is 4.50. The molecule has 0 unspecified atom stereocenters. The molecule has 0 aromatic heterocycles. The molecule has 0 aliphatic carbocycles. The topological polar surface area (TPSA) is 6.48 Å². The standard InChI is InChI=1S/C17H26N2/c1-6-18-10-11-19(12-18)17-15(13(2)3)8-7-9-16(17)14(4)5/h7-11,13-14H,6,12H2,1-5H3. The minimum Gasteiger partial charge on any atom is -0.359 e. The second kappa shape index (κ2) is 5.68. The van der Waals surface area contributed by atoms with Crippen molar-refractivity contribution in [2.75, 3.05) is 18.1 Å². The molecular formula is C17H26N2. The molecular weight excluding hydrogens is 232 g/mol. The first-order valence-corrected chi connectivity index (χ1v) is 7.36. The van der Waals surface area contributed by atoms with E-state index in [1.165, 1.54) is 16.8 Å². The van der Waals surface area contributed by atoms with Crippen molar-refractivity contribution in [3.63, 3.8) is 0 Å². The summed E-state index contributed by atoms with van der Waals surface area (Å²) in [6, 6.07) is 6.74. The van der Waals surface area contributed by atoms with E-state index in [9.17, 15) is 0 Å². The Balaban J connectivity index is 2.44. The lowest BCUT2D eigenvalue weighted by Gasteiger charge is -2.28. The highest BCUT2D eigenvalue weighted by Gasteiger charge is 2.21. The number of hydrogen-bond donors (Lipinski definition) is 0. The summed E-state index contributed by atoms with van der Waals surface area (Å²) in [6.07, 6.45) is 4.41. The van der Waals surface area contributed by atoms with Crippen LogP contribution in [0.25, 0.3) is 0 Å². The average Bonchev–Trinajstić information content (AvgIpc) is 2.86. The normalized spacial score (nSPS) is 15.1. The highest BCUT2D eigenvalue weighted by atomic mass is 15.3. The molecule has 104 valence electrons. The molecule has 2 heteroatoms. The van der Waals surface area contributed by atoms with Crippen LogP contribution in [0.5, 0.6) is 0 Å². The van der Waals surface area contributed by atoms with Crippen molar-refractivity contribution in [1.82, 2.24) is 4.90 Å². The molecule has 0 atom stereocenters. The van der Waals surface area contributed by atoms with Gasteiger partial charge in [0.05, 0.1) is 6.67 Å². The van der Waals surface area contributed by atoms with E-state index in [0.29, 0.717) is 11.8 Å². The number of hydrogen-bond acceptors (Lipinski definition) is 2. The van der Waals surface area contributed by atoms with Crippen LogP contribution in [-0.2, 0) is 0 Å². The summed E-state index contributed by atoms with van der Waals surface area (Å²) in [5, 5.41) is 0. The van der Waals surface area contributed by atoms with Gasteiger partial charge in [0.15, 0.2) is 0 Å². The van der Waals surface area contributed by atoms with Gasteiger partial charge in [-0.3, -0.25) is 0 Å². The molecule has 1 heterocycles. The number of anilines is 1. The average molecular weight is 258 g/mol. The monoisotopic (exact) mass is 258 g/mol. The summed E-state index contributed by atoms with van der Waals surface area (Å²) in [4.78, 5) is 4.73. The van der Waals surface area contributed by atoms with Gasteiger partial charge in [0.2, 0.25) is 0 Å². The predicted molar refractivity (Wildman–Crippen MR) is 83.5 cm³/mol. The zero-order chi connectivity index (χ0) is 14.0. The Morgan fingerprint density at radius 1 is 1.00 bits per heavy atom. The van der Waals surface area contributed by atoms with E-state index >= 15 is 0 Å². The van der Waals surface area contributed by atoms with Gasteiger partial charge in [0.1, 0.15) is 0 Å². The molecule has 0 N–H and O–H groups in total. The molecule has 0 saturated heterocycles. The first-order valence-electron chi connectivity index (χ1n) is 7.36. The third kappa shape index (κ3) is 2.78. The molecule has 0 saturated carbocycles. The van der Waals surface area contributed by atoms with Crippen molar-refractivity contribution in [3.8, 4) is 0 Å². The number of para-hydroxylation sites is 1. The first-order chi connectivity index (χ1) is 9.04. The summed E-state index contributed by atoms with van der Waals surface area (Å²) in [6.45, 7) is 13.3. The smallest absolute Gasteiger partial charge is 0.0941 e. The quantitative estimate of drug-likeness (QED) is 0.784. The zero-order valence-corrected chi connectivity index (χ0v) is 12.9. The molecule has 1 aliphatic heterocycles. The van der Waals surface area contributed by atoms with Gasteiger partial charge in [0.25, 0.3) is 0 Å². The van der Waals surface area contributed by atoms with Crippen LogP contribution >= 0.6 is 0 Å². The largest absolute Gasteiger partial charge is 0.359 e. The van der Waals surface area contributed by atoms with Gasteiger partial charge in [-0.2, -0.15) is 0 Å². The molecule has 1 aliphatic rings. The second-order valence-electron chi connectivity index (χ2n) is 5.91. The van der Waals surface area contributed by atoms with E-state index in [1.807, 2.05) is 0 Å². The molecule has 0 radical (unpaired) electrons. The van der Waals surface area contributed by atoms with E-state index < -0.39 is 0 Å². The van der Waals surface area contributed by atoms with Crippen molar-refractivity contribution in [2.24, 2.45) is 0 Å². The molecule has 0 bridgehead atoms. The fourth-order valence-electron chi connectivity index (χ4n) is 2.66. The van der Waals surface area contributed by atoms with Crippen molar-refractivity contribution >= 4 is 5.69 Å². The summed E-state index contributed by atoms with van der Waals surface area (Å²) in [5.74, 6) is 1.11. The van der Waals surface area contributed by atoms with Crippen LogP contribution in [0.3, 0.4) is 0 Å². The molecule has 0 spiro atoms. The highest BCUT2D eigenvalue weighted by molar-refractivity contribution is 5.64. The van der Waals surface area contributed by atoms with Crippen LogP contribution in [0.4, 0.5) is 5.69 Å². The zero-order valence-electron chi connectivity index (χ0n) is 12.9. The van der Waals surface area contributed by atoms with Crippen molar-refractivity contribution in [2.45, 2.75) is 46.5 Å². The maximum Gasteiger partial charge on any atom is 0.0941 e. The van der Waals surface area contributed by atoms with Gasteiger partial charge >= 0.3 is 0 Å². The molecule has 1 aromatic carbocycles. The SMILES string of the molecule is CCN1C=CN(c2c(C(C)C)cccc2C(C)C)C1. The number of rotatable bonds is 4. The van der Waals surface area contributed by atoms with E-state index in [0.717, 1.165) is 13.2 Å². The Hall–Kier alpha value is -1.44. The van der Waals surface area contributed by atoms with Crippen molar-refractivity contribution < 1.29 is 0 Å². The molecule has 2 rings (SSSR count). The van der Waals surface area contributed by atoms with Gasteiger partial charge < -0.3 is 9.80 Å². The Morgan fingerprint density at radius 2 is 1.58 bits per heavy atom. The van der Waals surface area contributed by atoms with Crippen LogP contribution in [0.15, 0.2) is 30.6 Å². The van der Waals surface area contributed by atoms with Gasteiger partial charge in [0, 0.05) is 24.6 Å². The summed E-state index contributed by atoms with van der Waals surface area (Å²) < 4.78 is 0. The lowest BCUT2D eigenvalue weighted by Crippen LogP contribution is -2.26. The second-order valence-corrected chi connectivity index (χ2v) is 5.91. The van der Waals surface area contributed by atoms with E-state index in [1.54, 1.807) is 0 Å². The minimum absolute atomic E-state index is 0.553. The Morgan fingerprint density at radius 3 is 2.00 bits per heavy atom. The Kier molecular flexibility index (Phi) is 4.18. The van der Waals surface area contributed by atoms with Crippen LogP contribution in [0.2, 0.25) is 0 Å². The molecule has 0 fully saturated rings. The third-order valence-electron chi connectivity index (χ3n) is 3.83. The molecule has 2 nitrogen and oxygen atoms in total. The van der Waals surface area contributed by atoms with Crippen LogP contribution < -0.4 is 4.90 Å². The summed E-state index contributed by atoms with van der Waals surface area (Å²) >= 11 is 0. The number of benzene rings is 1. The van der Waals surface area contributed by atoms with Crippen LogP contribution in [0, 0.1) is 0 Å². The maximum absolute atomic E-state index is 2.40. The first kappa shape index (κ1) is 14.0. The van der Waals surface area contributed by atoms with Gasteiger partial charge in [-0.15, -0.1) is 0 Å². The highest BCUT2D eigenvalue weighted by Crippen LogP contribution is 2.36. The summed E-state index contributed by atoms with van der Waals surface area (Å²) in [7, 11) is 0. The van der Waals surface area contributed by atoms with E-state index in [4.69, 9.17) is 0 Å². The third-order valence-corrected chi connectivity index (χ3v) is 3.83. The maximum atomic E-state index is 2.40. The van der Waals surface area contributed by atoms with Crippen LogP contribution in [-0.4, -0.2) is 18.1 Å². The van der Waals surface area contributed by atoms with Crippen molar-refractivity contribution in [3.05, 3.63) is 41.7 Å². The van der Waals surface area contributed by atoms with E-state index in [-0.39, 0.29) is 0 Å². The van der Waals surface area contributed by atoms with Gasteiger partial charge in [-0.25, -0.2) is 0 Å².